The molecule has 0 saturated carbocycles. The molecule has 0 N–H and O–H groups in total. The van der Waals surface area contributed by atoms with Gasteiger partial charge in [0.15, 0.2) is 0 Å². The fraction of sp³-hybridized carbons (Fsp3) is 0.825. The Bertz CT molecular complexity index is 639. The molecule has 0 aromatic carbocycles. The molecule has 0 heterocycles. The lowest BCUT2D eigenvalue weighted by Crippen LogP contribution is -2.27. The van der Waals surface area contributed by atoms with E-state index in [-0.39, 0.29) is 12.1 Å². The topological polar surface area (TPSA) is 29.5 Å². The number of hydrogen-bond acceptors (Lipinski definition) is 3. The zero-order valence-corrected chi connectivity index (χ0v) is 29.8. The molecule has 0 aliphatic rings. The average Bonchev–Trinajstić information content (AvgIpc) is 2.99. The molecule has 0 aromatic heterocycles. The van der Waals surface area contributed by atoms with E-state index in [0.717, 1.165) is 64.3 Å². The number of carbonyl (C=O) groups excluding carboxylic acids is 1. The van der Waals surface area contributed by atoms with E-state index in [1.54, 1.807) is 0 Å². The average molecular weight is 602 g/mol. The molecule has 252 valence electrons. The smallest absolute Gasteiger partial charge is 0.306 e. The summed E-state index contributed by atoms with van der Waals surface area (Å²) in [6, 6.07) is 0. The first-order chi connectivity index (χ1) is 21.0. The number of ether oxygens (including phenoxy) is 1. The van der Waals surface area contributed by atoms with Crippen molar-refractivity contribution in [1.82, 2.24) is 4.90 Å². The lowest BCUT2D eigenvalue weighted by atomic mass is 9.87. The molecule has 0 aliphatic heterocycles. The van der Waals surface area contributed by atoms with Crippen molar-refractivity contribution in [3.05, 3.63) is 36.5 Å². The number of allylic oxidation sites excluding steroid dienone is 6. The number of nitrogens with zero attached hydrogens (tertiary/aromatic N) is 1. The van der Waals surface area contributed by atoms with Gasteiger partial charge in [-0.1, -0.05) is 102 Å². The zero-order valence-electron chi connectivity index (χ0n) is 29.8. The molecule has 0 bridgehead atoms. The monoisotopic (exact) mass is 602 g/mol. The van der Waals surface area contributed by atoms with Crippen LogP contribution in [0.25, 0.3) is 0 Å². The van der Waals surface area contributed by atoms with Crippen LogP contribution in [-0.4, -0.2) is 37.6 Å². The van der Waals surface area contributed by atoms with Crippen LogP contribution in [-0.2, 0) is 9.53 Å². The lowest BCUT2D eigenvalue weighted by molar-refractivity contribution is -0.153. The van der Waals surface area contributed by atoms with E-state index in [4.69, 9.17) is 4.74 Å². The molecule has 0 aromatic rings. The van der Waals surface area contributed by atoms with Gasteiger partial charge in [-0.3, -0.25) is 4.79 Å². The Morgan fingerprint density at radius 3 is 1.42 bits per heavy atom. The molecule has 0 saturated heterocycles. The molecule has 0 aliphatic carbocycles. The summed E-state index contributed by atoms with van der Waals surface area (Å²) < 4.78 is 6.32. The van der Waals surface area contributed by atoms with Crippen molar-refractivity contribution in [2.24, 2.45) is 5.92 Å². The Balaban J connectivity index is 5.13. The van der Waals surface area contributed by atoms with Gasteiger partial charge in [-0.25, -0.2) is 0 Å². The molecule has 1 atom stereocenters. The molecule has 0 radical (unpaired) electrons. The minimum Gasteiger partial charge on any atom is -0.462 e. The molecule has 1 unspecified atom stereocenters. The SMILES string of the molecule is CCCCC/C=C\CCCC(CCC/C=C\CCCCC)C(CCC/C=C/CCCCCC)OC(=O)CCCCN(C)C. The van der Waals surface area contributed by atoms with Crippen LogP contribution in [0.1, 0.15) is 181 Å². The summed E-state index contributed by atoms with van der Waals surface area (Å²) in [5.74, 6) is 0.484. The summed E-state index contributed by atoms with van der Waals surface area (Å²) in [4.78, 5) is 15.2. The van der Waals surface area contributed by atoms with E-state index in [1.807, 2.05) is 0 Å². The second kappa shape index (κ2) is 33.5. The van der Waals surface area contributed by atoms with Gasteiger partial charge in [0.25, 0.3) is 0 Å². The number of esters is 1. The first-order valence-electron chi connectivity index (χ1n) is 18.8. The van der Waals surface area contributed by atoms with Crippen molar-refractivity contribution in [2.75, 3.05) is 20.6 Å². The summed E-state index contributed by atoms with van der Waals surface area (Å²) in [5.41, 5.74) is 0. The van der Waals surface area contributed by atoms with Crippen LogP contribution in [0, 0.1) is 5.92 Å². The third kappa shape index (κ3) is 30.5. The van der Waals surface area contributed by atoms with Crippen LogP contribution in [0.15, 0.2) is 36.5 Å². The molecule has 0 rings (SSSR count). The van der Waals surface area contributed by atoms with E-state index in [0.29, 0.717) is 12.3 Å². The maximum absolute atomic E-state index is 13.0. The standard InChI is InChI=1S/C40H75NO2/c1-6-9-12-15-18-21-24-27-30-35-39(43-40(42)36-31-32-37-41(4)5)38(33-28-25-22-19-16-13-10-7-2)34-29-26-23-20-17-14-11-8-3/h19-24,38-39H,6-18,25-37H2,1-5H3/b22-19-,23-20-,24-21+. The molecule has 3 nitrogen and oxygen atoms in total. The van der Waals surface area contributed by atoms with Crippen molar-refractivity contribution >= 4 is 5.97 Å². The maximum atomic E-state index is 13.0. The molecule has 43 heavy (non-hydrogen) atoms. The maximum Gasteiger partial charge on any atom is 0.306 e. The van der Waals surface area contributed by atoms with Crippen LogP contribution < -0.4 is 0 Å². The zero-order chi connectivity index (χ0) is 31.6. The van der Waals surface area contributed by atoms with Crippen molar-refractivity contribution in [3.8, 4) is 0 Å². The minimum absolute atomic E-state index is 0.0202. The van der Waals surface area contributed by atoms with Gasteiger partial charge < -0.3 is 9.64 Å². The number of rotatable bonds is 32. The Kier molecular flexibility index (Phi) is 32.5. The van der Waals surface area contributed by atoms with Crippen molar-refractivity contribution in [2.45, 2.75) is 187 Å². The van der Waals surface area contributed by atoms with Crippen LogP contribution in [0.5, 0.6) is 0 Å². The molecule has 0 amide bonds. The molecular weight excluding hydrogens is 526 g/mol. The second-order valence-electron chi connectivity index (χ2n) is 13.1. The van der Waals surface area contributed by atoms with Gasteiger partial charge in [0.05, 0.1) is 0 Å². The van der Waals surface area contributed by atoms with E-state index in [1.165, 1.54) is 96.3 Å². The molecule has 0 spiro atoms. The predicted octanol–water partition coefficient (Wildman–Crippen LogP) is 12.6. The highest BCUT2D eigenvalue weighted by Crippen LogP contribution is 2.27. The summed E-state index contributed by atoms with van der Waals surface area (Å²) in [6.07, 6.45) is 43.8. The molecule has 3 heteroatoms. The quantitative estimate of drug-likeness (QED) is 0.0436. The van der Waals surface area contributed by atoms with Gasteiger partial charge in [-0.2, -0.15) is 0 Å². The van der Waals surface area contributed by atoms with Crippen molar-refractivity contribution < 1.29 is 9.53 Å². The van der Waals surface area contributed by atoms with Gasteiger partial charge in [-0.05, 0) is 136 Å². The van der Waals surface area contributed by atoms with E-state index < -0.39 is 0 Å². The summed E-state index contributed by atoms with van der Waals surface area (Å²) in [7, 11) is 4.19. The van der Waals surface area contributed by atoms with Crippen LogP contribution in [0.4, 0.5) is 0 Å². The highest BCUT2D eigenvalue weighted by Gasteiger charge is 2.24. The van der Waals surface area contributed by atoms with E-state index in [9.17, 15) is 4.79 Å². The normalized spacial score (nSPS) is 13.0. The number of carbonyl (C=O) groups is 1. The van der Waals surface area contributed by atoms with Crippen molar-refractivity contribution in [1.29, 1.82) is 0 Å². The molecular formula is C40H75NO2. The van der Waals surface area contributed by atoms with Gasteiger partial charge in [0.1, 0.15) is 6.10 Å². The fourth-order valence-electron chi connectivity index (χ4n) is 5.69. The van der Waals surface area contributed by atoms with Gasteiger partial charge in [-0.15, -0.1) is 0 Å². The van der Waals surface area contributed by atoms with Crippen LogP contribution in [0.3, 0.4) is 0 Å². The van der Waals surface area contributed by atoms with Gasteiger partial charge >= 0.3 is 5.97 Å². The first-order valence-corrected chi connectivity index (χ1v) is 18.8. The highest BCUT2D eigenvalue weighted by atomic mass is 16.5. The largest absolute Gasteiger partial charge is 0.462 e. The van der Waals surface area contributed by atoms with E-state index >= 15 is 0 Å². The highest BCUT2D eigenvalue weighted by molar-refractivity contribution is 5.69. The number of unbranched alkanes of at least 4 members (excludes halogenated alkanes) is 14. The van der Waals surface area contributed by atoms with Gasteiger partial charge in [0.2, 0.25) is 0 Å². The summed E-state index contributed by atoms with van der Waals surface area (Å²) in [5, 5.41) is 0. The first kappa shape index (κ1) is 41.7. The Hall–Kier alpha value is -1.35. The van der Waals surface area contributed by atoms with Crippen LogP contribution >= 0.6 is 0 Å². The van der Waals surface area contributed by atoms with Gasteiger partial charge in [0, 0.05) is 6.42 Å². The Morgan fingerprint density at radius 1 is 0.535 bits per heavy atom. The number of hydrogen-bond donors (Lipinski definition) is 0. The Morgan fingerprint density at radius 2 is 0.953 bits per heavy atom. The second-order valence-corrected chi connectivity index (χ2v) is 13.1. The van der Waals surface area contributed by atoms with Crippen LogP contribution in [0.2, 0.25) is 0 Å². The third-order valence-corrected chi connectivity index (χ3v) is 8.47. The fourth-order valence-corrected chi connectivity index (χ4v) is 5.69. The third-order valence-electron chi connectivity index (χ3n) is 8.47. The van der Waals surface area contributed by atoms with E-state index in [2.05, 4.69) is 76.2 Å². The summed E-state index contributed by atoms with van der Waals surface area (Å²) in [6.45, 7) is 7.84. The van der Waals surface area contributed by atoms with Crippen molar-refractivity contribution in [3.63, 3.8) is 0 Å². The lowest BCUT2D eigenvalue weighted by Gasteiger charge is -2.27. The Labute approximate surface area is 270 Å². The molecule has 0 fully saturated rings. The minimum atomic E-state index is 0.0202. The summed E-state index contributed by atoms with van der Waals surface area (Å²) >= 11 is 0. The predicted molar refractivity (Wildman–Crippen MR) is 192 cm³/mol.